The Morgan fingerprint density at radius 3 is 2.52 bits per heavy atom. The molecule has 0 aliphatic carbocycles. The molecule has 4 rings (SSSR count). The molecule has 0 saturated carbocycles. The van der Waals surface area contributed by atoms with Crippen LogP contribution in [0.1, 0.15) is 37.3 Å². The molecule has 0 radical (unpaired) electrons. The molecule has 2 aromatic rings. The van der Waals surface area contributed by atoms with Crippen LogP contribution in [0.5, 0.6) is 0 Å². The zero-order valence-electron chi connectivity index (χ0n) is 16.5. The molecule has 0 spiro atoms. The normalized spacial score (nSPS) is 20.1. The van der Waals surface area contributed by atoms with Gasteiger partial charge in [-0.15, -0.1) is 0 Å². The first-order valence-electron chi connectivity index (χ1n) is 10.2. The van der Waals surface area contributed by atoms with Crippen molar-refractivity contribution in [3.8, 4) is 11.1 Å². The molecule has 2 N–H and O–H groups in total. The van der Waals surface area contributed by atoms with Crippen LogP contribution in [-0.4, -0.2) is 64.8 Å². The molecule has 2 fully saturated rings. The fraction of sp³-hybridized carbons (Fsp3) is 0.524. The van der Waals surface area contributed by atoms with Gasteiger partial charge in [-0.25, -0.2) is 9.97 Å². The van der Waals surface area contributed by atoms with E-state index in [1.165, 1.54) is 0 Å². The predicted molar refractivity (Wildman–Crippen MR) is 108 cm³/mol. The molecule has 154 valence electrons. The van der Waals surface area contributed by atoms with Crippen LogP contribution < -0.4 is 5.73 Å². The lowest BCUT2D eigenvalue weighted by Crippen LogP contribution is -2.40. The van der Waals surface area contributed by atoms with E-state index >= 15 is 0 Å². The van der Waals surface area contributed by atoms with Gasteiger partial charge < -0.3 is 20.1 Å². The number of carbonyl (C=O) groups excluding carboxylic acids is 1. The number of likely N-dealkylation sites (tertiary alicyclic amines) is 1. The zero-order valence-corrected chi connectivity index (χ0v) is 16.5. The van der Waals surface area contributed by atoms with E-state index in [4.69, 9.17) is 15.2 Å². The first-order chi connectivity index (χ1) is 14.2. The second-order valence-electron chi connectivity index (χ2n) is 7.61. The number of nitrogens with zero attached hydrogens (tertiary/aromatic N) is 4. The minimum absolute atomic E-state index is 0.0631. The van der Waals surface area contributed by atoms with Crippen LogP contribution in [0.25, 0.3) is 11.1 Å². The Morgan fingerprint density at radius 1 is 1.10 bits per heavy atom. The van der Waals surface area contributed by atoms with Crippen LogP contribution in [0, 0.1) is 0 Å². The molecular weight excluding hydrogens is 370 g/mol. The van der Waals surface area contributed by atoms with Gasteiger partial charge in [0.1, 0.15) is 6.61 Å². The Labute approximate surface area is 170 Å². The zero-order chi connectivity index (χ0) is 20.1. The monoisotopic (exact) mass is 397 g/mol. The van der Waals surface area contributed by atoms with E-state index < -0.39 is 0 Å². The standard InChI is InChI=1S/C21H27N5O3/c22-21-24-11-17(12-25-21)16-3-4-19(23-10-16)15-5-7-26(8-6-15)20(27)14-28-13-18-2-1-9-29-18/h3-4,10-12,15,18H,1-2,5-9,13-14H2,(H2,22,24,25)/t18-/m1/s1. The number of nitrogens with two attached hydrogens (primary N) is 1. The van der Waals surface area contributed by atoms with Crippen molar-refractivity contribution in [2.24, 2.45) is 0 Å². The number of ether oxygens (including phenoxy) is 2. The number of pyridine rings is 1. The average Bonchev–Trinajstić information content (AvgIpc) is 3.28. The van der Waals surface area contributed by atoms with Crippen molar-refractivity contribution in [1.29, 1.82) is 0 Å². The lowest BCUT2D eigenvalue weighted by molar-refractivity contribution is -0.138. The number of hydrogen-bond acceptors (Lipinski definition) is 7. The Bertz CT molecular complexity index is 798. The summed E-state index contributed by atoms with van der Waals surface area (Å²) >= 11 is 0. The van der Waals surface area contributed by atoms with Crippen LogP contribution in [-0.2, 0) is 14.3 Å². The van der Waals surface area contributed by atoms with E-state index in [-0.39, 0.29) is 24.6 Å². The molecule has 8 nitrogen and oxygen atoms in total. The number of aromatic nitrogens is 3. The minimum Gasteiger partial charge on any atom is -0.376 e. The first-order valence-corrected chi connectivity index (χ1v) is 10.2. The van der Waals surface area contributed by atoms with E-state index in [1.807, 2.05) is 17.2 Å². The Morgan fingerprint density at radius 2 is 1.86 bits per heavy atom. The molecule has 2 aliphatic heterocycles. The fourth-order valence-electron chi connectivity index (χ4n) is 3.87. The summed E-state index contributed by atoms with van der Waals surface area (Å²) in [6.07, 6.45) is 9.33. The minimum atomic E-state index is 0.0631. The highest BCUT2D eigenvalue weighted by molar-refractivity contribution is 5.77. The topological polar surface area (TPSA) is 103 Å². The first kappa shape index (κ1) is 19.7. The van der Waals surface area contributed by atoms with Crippen LogP contribution in [0.2, 0.25) is 0 Å². The number of amides is 1. The fourth-order valence-corrected chi connectivity index (χ4v) is 3.87. The Hall–Kier alpha value is -2.58. The van der Waals surface area contributed by atoms with E-state index in [0.29, 0.717) is 12.5 Å². The van der Waals surface area contributed by atoms with Crippen molar-refractivity contribution in [2.75, 3.05) is 38.6 Å². The van der Waals surface area contributed by atoms with Crippen LogP contribution >= 0.6 is 0 Å². The molecule has 0 aromatic carbocycles. The second-order valence-corrected chi connectivity index (χ2v) is 7.61. The molecule has 0 unspecified atom stereocenters. The van der Waals surface area contributed by atoms with Crippen molar-refractivity contribution in [2.45, 2.75) is 37.7 Å². The summed E-state index contributed by atoms with van der Waals surface area (Å²) in [5, 5.41) is 0. The summed E-state index contributed by atoms with van der Waals surface area (Å²) in [4.78, 5) is 26.9. The third kappa shape index (κ3) is 5.07. The highest BCUT2D eigenvalue weighted by Gasteiger charge is 2.25. The predicted octanol–water partition coefficient (Wildman–Crippen LogP) is 2.02. The van der Waals surface area contributed by atoms with Crippen LogP contribution in [0.3, 0.4) is 0 Å². The average molecular weight is 397 g/mol. The van der Waals surface area contributed by atoms with Crippen molar-refractivity contribution >= 4 is 11.9 Å². The van der Waals surface area contributed by atoms with Crippen molar-refractivity contribution in [3.05, 3.63) is 36.4 Å². The van der Waals surface area contributed by atoms with E-state index in [2.05, 4.69) is 21.0 Å². The molecule has 29 heavy (non-hydrogen) atoms. The maximum Gasteiger partial charge on any atom is 0.248 e. The van der Waals surface area contributed by atoms with Gasteiger partial charge in [0.2, 0.25) is 11.9 Å². The summed E-state index contributed by atoms with van der Waals surface area (Å²) < 4.78 is 11.1. The quantitative estimate of drug-likeness (QED) is 0.795. The van der Waals surface area contributed by atoms with Gasteiger partial charge in [0.05, 0.1) is 12.7 Å². The van der Waals surface area contributed by atoms with Gasteiger partial charge in [-0.3, -0.25) is 9.78 Å². The second kappa shape index (κ2) is 9.28. The van der Waals surface area contributed by atoms with Gasteiger partial charge in [0.15, 0.2) is 0 Å². The molecule has 1 atom stereocenters. The molecule has 2 aromatic heterocycles. The number of nitrogen functional groups attached to an aromatic ring is 1. The highest BCUT2D eigenvalue weighted by atomic mass is 16.5. The number of piperidine rings is 1. The smallest absolute Gasteiger partial charge is 0.248 e. The maximum atomic E-state index is 12.4. The molecule has 1 amide bonds. The van der Waals surface area contributed by atoms with Crippen LogP contribution in [0.4, 0.5) is 5.95 Å². The third-order valence-corrected chi connectivity index (χ3v) is 5.61. The Kier molecular flexibility index (Phi) is 6.31. The van der Waals surface area contributed by atoms with E-state index in [0.717, 1.165) is 62.2 Å². The third-order valence-electron chi connectivity index (χ3n) is 5.61. The molecule has 4 heterocycles. The van der Waals surface area contributed by atoms with Gasteiger partial charge in [-0.1, -0.05) is 6.07 Å². The van der Waals surface area contributed by atoms with Gasteiger partial charge >= 0.3 is 0 Å². The highest BCUT2D eigenvalue weighted by Crippen LogP contribution is 2.28. The van der Waals surface area contributed by atoms with Crippen molar-refractivity contribution in [1.82, 2.24) is 19.9 Å². The van der Waals surface area contributed by atoms with Gasteiger partial charge in [-0.05, 0) is 31.7 Å². The van der Waals surface area contributed by atoms with Crippen molar-refractivity contribution in [3.63, 3.8) is 0 Å². The van der Waals surface area contributed by atoms with E-state index in [1.54, 1.807) is 12.4 Å². The molecule has 0 bridgehead atoms. The summed E-state index contributed by atoms with van der Waals surface area (Å²) in [6.45, 7) is 2.93. The summed E-state index contributed by atoms with van der Waals surface area (Å²) in [5.74, 6) is 0.689. The summed E-state index contributed by atoms with van der Waals surface area (Å²) in [6, 6.07) is 4.09. The van der Waals surface area contributed by atoms with Gasteiger partial charge in [0, 0.05) is 61.0 Å². The number of rotatable bonds is 6. The van der Waals surface area contributed by atoms with Crippen LogP contribution in [0.15, 0.2) is 30.7 Å². The number of carbonyl (C=O) groups is 1. The summed E-state index contributed by atoms with van der Waals surface area (Å²) in [7, 11) is 0. The number of anilines is 1. The number of hydrogen-bond donors (Lipinski definition) is 1. The molecule has 2 aliphatic rings. The molecular formula is C21H27N5O3. The molecule has 2 saturated heterocycles. The SMILES string of the molecule is Nc1ncc(-c2ccc(C3CCN(C(=O)COC[C@H]4CCCO4)CC3)nc2)cn1. The largest absolute Gasteiger partial charge is 0.376 e. The van der Waals surface area contributed by atoms with Crippen molar-refractivity contribution < 1.29 is 14.3 Å². The Balaban J connectivity index is 1.24. The molecule has 8 heteroatoms. The van der Waals surface area contributed by atoms with Gasteiger partial charge in [0.25, 0.3) is 0 Å². The lowest BCUT2D eigenvalue weighted by atomic mass is 9.92. The van der Waals surface area contributed by atoms with Gasteiger partial charge in [-0.2, -0.15) is 0 Å². The maximum absolute atomic E-state index is 12.4. The van der Waals surface area contributed by atoms with E-state index in [9.17, 15) is 4.79 Å². The lowest BCUT2D eigenvalue weighted by Gasteiger charge is -2.31. The summed E-state index contributed by atoms with van der Waals surface area (Å²) in [5.41, 5.74) is 8.45.